The number of quaternary nitrogens is 1. The zero-order chi connectivity index (χ0) is 25.4. The zero-order valence-corrected chi connectivity index (χ0v) is 19.4. The third-order valence-corrected chi connectivity index (χ3v) is 5.46. The smallest absolute Gasteiger partial charge is 0.321 e. The van der Waals surface area contributed by atoms with Crippen molar-refractivity contribution >= 4 is 28.1 Å². The highest BCUT2D eigenvalue weighted by Crippen LogP contribution is 2.30. The molecule has 2 aromatic heterocycles. The van der Waals surface area contributed by atoms with Gasteiger partial charge in [-0.05, 0) is 51.1 Å². The van der Waals surface area contributed by atoms with E-state index < -0.39 is 6.68 Å². The van der Waals surface area contributed by atoms with E-state index in [2.05, 4.69) is 15.6 Å². The van der Waals surface area contributed by atoms with Gasteiger partial charge in [0.2, 0.25) is 0 Å². The van der Waals surface area contributed by atoms with Crippen molar-refractivity contribution in [1.82, 2.24) is 19.9 Å². The van der Waals surface area contributed by atoms with Crippen LogP contribution < -0.4 is 21.7 Å². The van der Waals surface area contributed by atoms with Gasteiger partial charge in [0, 0.05) is 12.0 Å². The summed E-state index contributed by atoms with van der Waals surface area (Å²) < 4.78 is 30.8. The molecule has 12 heteroatoms. The first kappa shape index (κ1) is 26.1. The summed E-state index contributed by atoms with van der Waals surface area (Å²) >= 11 is 0. The second kappa shape index (κ2) is 12.3. The highest BCUT2D eigenvalue weighted by Gasteiger charge is 2.22. The molecule has 0 spiro atoms. The van der Waals surface area contributed by atoms with Crippen molar-refractivity contribution < 1.29 is 28.3 Å². The Labute approximate surface area is 199 Å². The fourth-order valence-corrected chi connectivity index (χ4v) is 4.02. The maximum atomic E-state index is 12.9. The summed E-state index contributed by atoms with van der Waals surface area (Å²) in [6.45, 7) is 0.00611. The van der Waals surface area contributed by atoms with Crippen LogP contribution in [0.5, 0.6) is 0 Å². The lowest BCUT2D eigenvalue weighted by atomic mass is 9.94. The molecule has 1 aliphatic heterocycles. The predicted octanol–water partition coefficient (Wildman–Crippen LogP) is 2.34. The molecule has 0 unspecified atom stereocenters. The SMILES string of the molecule is C/C=C\C(=C/[NH2+]OC)C(=O)Nc1cccc2nn3c(C4CCNCC4)cc(=O)[nH]c3c12.FC(F)F. The number of H-pyrrole nitrogens is 1. The quantitative estimate of drug-likeness (QED) is 0.239. The van der Waals surface area contributed by atoms with Gasteiger partial charge in [-0.1, -0.05) is 12.1 Å². The number of aromatic nitrogens is 3. The normalized spacial score (nSPS) is 15.1. The van der Waals surface area contributed by atoms with Gasteiger partial charge in [-0.25, -0.2) is 9.35 Å². The van der Waals surface area contributed by atoms with Gasteiger partial charge < -0.3 is 15.6 Å². The molecule has 0 saturated carbocycles. The van der Waals surface area contributed by atoms with Crippen molar-refractivity contribution in [3.63, 3.8) is 0 Å². The minimum atomic E-state index is -3.67. The Morgan fingerprint density at radius 1 is 1.31 bits per heavy atom. The van der Waals surface area contributed by atoms with Gasteiger partial charge in [0.1, 0.15) is 11.8 Å². The van der Waals surface area contributed by atoms with E-state index >= 15 is 0 Å². The number of carbonyl (C=O) groups excluding carboxylic acids is 1. The van der Waals surface area contributed by atoms with Crippen molar-refractivity contribution in [1.29, 1.82) is 0 Å². The lowest BCUT2D eigenvalue weighted by Gasteiger charge is -2.23. The molecule has 35 heavy (non-hydrogen) atoms. The maximum absolute atomic E-state index is 12.9. The molecule has 9 nitrogen and oxygen atoms in total. The predicted molar refractivity (Wildman–Crippen MR) is 126 cm³/mol. The molecule has 188 valence electrons. The number of nitrogens with one attached hydrogen (secondary N) is 3. The van der Waals surface area contributed by atoms with Crippen molar-refractivity contribution in [3.05, 3.63) is 64.2 Å². The molecule has 1 amide bonds. The molecule has 0 radical (unpaired) electrons. The topological polar surface area (TPSA) is 117 Å². The van der Waals surface area contributed by atoms with E-state index in [-0.39, 0.29) is 17.4 Å². The third-order valence-electron chi connectivity index (χ3n) is 5.46. The number of hydrogen-bond acceptors (Lipinski definition) is 5. The molecule has 3 heterocycles. The molecule has 0 aliphatic carbocycles. The number of benzene rings is 1. The highest BCUT2D eigenvalue weighted by molar-refractivity contribution is 6.12. The van der Waals surface area contributed by atoms with E-state index in [0.29, 0.717) is 27.8 Å². The number of carbonyl (C=O) groups is 1. The molecule has 0 atom stereocenters. The monoisotopic (exact) mass is 493 g/mol. The summed E-state index contributed by atoms with van der Waals surface area (Å²) in [6.07, 6.45) is 6.99. The standard InChI is InChI=1S/C22H26N6O3.CHF3/c1-3-5-15(13-24-31-2)22(30)25-16-6-4-7-17-20(16)21-26-19(29)12-18(28(21)27-17)14-8-10-23-11-9-14;2-1(3)4/h3-7,12-14,23-24H,8-11H2,1-2H3,(H,25,30)(H,26,29);1H/p+1/b5-3-,15-13+;. The Morgan fingerprint density at radius 3 is 2.69 bits per heavy atom. The van der Waals surface area contributed by atoms with Gasteiger partial charge in [-0.2, -0.15) is 23.8 Å². The van der Waals surface area contributed by atoms with E-state index in [1.54, 1.807) is 24.4 Å². The van der Waals surface area contributed by atoms with Gasteiger partial charge in [0.25, 0.3) is 11.5 Å². The van der Waals surface area contributed by atoms with Crippen molar-refractivity contribution in [2.75, 3.05) is 25.5 Å². The Kier molecular flexibility index (Phi) is 9.18. The van der Waals surface area contributed by atoms with Crippen LogP contribution in [-0.2, 0) is 9.63 Å². The Balaban J connectivity index is 0.000000795. The first-order valence-corrected chi connectivity index (χ1v) is 11.0. The number of alkyl halides is 3. The number of rotatable bonds is 6. The molecule has 1 aliphatic rings. The summed E-state index contributed by atoms with van der Waals surface area (Å²) in [5, 5.41) is 11.8. The van der Waals surface area contributed by atoms with Gasteiger partial charge in [0.15, 0.2) is 0 Å². The van der Waals surface area contributed by atoms with Crippen LogP contribution >= 0.6 is 0 Å². The lowest BCUT2D eigenvalue weighted by Crippen LogP contribution is -2.76. The van der Waals surface area contributed by atoms with Crippen molar-refractivity contribution in [2.24, 2.45) is 0 Å². The average Bonchev–Trinajstić information content (AvgIpc) is 3.20. The van der Waals surface area contributed by atoms with Gasteiger partial charge in [-0.3, -0.25) is 9.59 Å². The van der Waals surface area contributed by atoms with Crippen LogP contribution in [0.3, 0.4) is 0 Å². The molecular weight excluding hydrogens is 465 g/mol. The minimum Gasteiger partial charge on any atom is -0.321 e. The summed E-state index contributed by atoms with van der Waals surface area (Å²) in [5.74, 6) is -0.0256. The van der Waals surface area contributed by atoms with Crippen LogP contribution in [0.4, 0.5) is 18.9 Å². The van der Waals surface area contributed by atoms with Gasteiger partial charge >= 0.3 is 6.68 Å². The molecule has 1 fully saturated rings. The van der Waals surface area contributed by atoms with Crippen LogP contribution in [0.25, 0.3) is 16.6 Å². The number of fused-ring (bicyclic) bond motifs is 3. The molecular formula is C23H28F3N6O3+. The summed E-state index contributed by atoms with van der Waals surface area (Å²) in [4.78, 5) is 33.2. The summed E-state index contributed by atoms with van der Waals surface area (Å²) in [5.41, 5.74) is 4.51. The zero-order valence-electron chi connectivity index (χ0n) is 19.4. The number of anilines is 1. The minimum absolute atomic E-state index is 0.173. The second-order valence-corrected chi connectivity index (χ2v) is 7.74. The van der Waals surface area contributed by atoms with E-state index in [0.717, 1.165) is 31.6 Å². The molecule has 1 saturated heterocycles. The van der Waals surface area contributed by atoms with Crippen molar-refractivity contribution in [3.8, 4) is 0 Å². The van der Waals surface area contributed by atoms with E-state index in [1.807, 2.05) is 29.6 Å². The van der Waals surface area contributed by atoms with Crippen molar-refractivity contribution in [2.45, 2.75) is 32.4 Å². The molecule has 1 aromatic carbocycles. The number of hydrogen-bond donors (Lipinski definition) is 4. The van der Waals surface area contributed by atoms with Crippen LogP contribution in [0.1, 0.15) is 31.4 Å². The largest absolute Gasteiger partial charge is 0.379 e. The first-order valence-electron chi connectivity index (χ1n) is 11.0. The maximum Gasteiger partial charge on any atom is 0.379 e. The first-order chi connectivity index (χ1) is 16.8. The Hall–Kier alpha value is -3.48. The van der Waals surface area contributed by atoms with Crippen LogP contribution in [0.15, 0.2) is 53.0 Å². The molecule has 0 bridgehead atoms. The summed E-state index contributed by atoms with van der Waals surface area (Å²) in [7, 11) is 1.53. The number of nitrogens with zero attached hydrogens (tertiary/aromatic N) is 2. The van der Waals surface area contributed by atoms with E-state index in [1.165, 1.54) is 12.6 Å². The molecule has 3 aromatic rings. The Morgan fingerprint density at radius 2 is 2.03 bits per heavy atom. The summed E-state index contributed by atoms with van der Waals surface area (Å²) in [6, 6.07) is 7.17. The number of amides is 1. The number of aromatic amines is 1. The number of piperidine rings is 1. The van der Waals surface area contributed by atoms with Crippen LogP contribution in [-0.4, -0.2) is 47.4 Å². The van der Waals surface area contributed by atoms with Crippen LogP contribution in [0.2, 0.25) is 0 Å². The molecule has 4 rings (SSSR count). The lowest BCUT2D eigenvalue weighted by molar-refractivity contribution is -0.842. The number of nitrogens with two attached hydrogens (primary N) is 1. The third kappa shape index (κ3) is 6.56. The Bertz CT molecular complexity index is 1280. The average molecular weight is 494 g/mol. The van der Waals surface area contributed by atoms with E-state index in [4.69, 9.17) is 9.94 Å². The van der Waals surface area contributed by atoms with E-state index in [9.17, 15) is 22.8 Å². The van der Waals surface area contributed by atoms with Crippen LogP contribution in [0, 0.1) is 0 Å². The fourth-order valence-electron chi connectivity index (χ4n) is 4.02. The highest BCUT2D eigenvalue weighted by atomic mass is 19.4. The number of halogens is 3. The molecule has 5 N–H and O–H groups in total. The second-order valence-electron chi connectivity index (χ2n) is 7.74. The fraction of sp³-hybridized carbons (Fsp3) is 0.348. The van der Waals surface area contributed by atoms with Gasteiger partial charge in [0.05, 0.1) is 35.0 Å². The number of hydroxylamine groups is 1. The number of allylic oxidation sites excluding steroid dienone is 1. The van der Waals surface area contributed by atoms with Gasteiger partial charge in [-0.15, -0.1) is 0 Å².